The van der Waals surface area contributed by atoms with Crippen LogP contribution in [-0.4, -0.2) is 66.2 Å². The zero-order valence-corrected chi connectivity index (χ0v) is 19.9. The summed E-state index contributed by atoms with van der Waals surface area (Å²) in [6.07, 6.45) is 2.45. The highest BCUT2D eigenvalue weighted by Gasteiger charge is 2.20. The van der Waals surface area contributed by atoms with Crippen molar-refractivity contribution < 1.29 is 9.32 Å². The number of nitrogens with one attached hydrogen (secondary N) is 2. The van der Waals surface area contributed by atoms with E-state index in [2.05, 4.69) is 30.7 Å². The number of carbonyl (C=O) groups excluding carboxylic acids is 1. The Bertz CT molecular complexity index is 836. The molecule has 1 aromatic carbocycles. The van der Waals surface area contributed by atoms with Crippen LogP contribution in [0.1, 0.15) is 18.7 Å². The Morgan fingerprint density at radius 3 is 2.67 bits per heavy atom. The smallest absolute Gasteiger partial charge is 0.231 e. The number of benzene rings is 1. The minimum atomic E-state index is -0.283. The van der Waals surface area contributed by atoms with E-state index in [4.69, 9.17) is 21.9 Å². The molecule has 0 atom stereocenters. The number of primary amides is 1. The van der Waals surface area contributed by atoms with Gasteiger partial charge in [0.05, 0.1) is 6.54 Å². The maximum absolute atomic E-state index is 11.0. The average molecular weight is 548 g/mol. The molecule has 4 N–H and O–H groups in total. The van der Waals surface area contributed by atoms with Gasteiger partial charge in [-0.1, -0.05) is 16.8 Å². The van der Waals surface area contributed by atoms with Crippen molar-refractivity contribution in [2.75, 3.05) is 33.2 Å². The number of aliphatic imine (C=N–C) groups is 1. The van der Waals surface area contributed by atoms with E-state index >= 15 is 0 Å². The lowest BCUT2D eigenvalue weighted by Crippen LogP contribution is -2.50. The van der Waals surface area contributed by atoms with Crippen LogP contribution in [0.25, 0.3) is 11.4 Å². The van der Waals surface area contributed by atoms with Crippen LogP contribution in [0.5, 0.6) is 0 Å². The molecule has 0 aliphatic carbocycles. The van der Waals surface area contributed by atoms with Crippen LogP contribution >= 0.6 is 35.6 Å². The van der Waals surface area contributed by atoms with Crippen LogP contribution in [-0.2, 0) is 11.2 Å². The highest BCUT2D eigenvalue weighted by atomic mass is 127. The van der Waals surface area contributed by atoms with Gasteiger partial charge in [0.25, 0.3) is 0 Å². The Kier molecular flexibility index (Phi) is 9.79. The molecule has 1 saturated heterocycles. The van der Waals surface area contributed by atoms with Crippen LogP contribution < -0.4 is 16.4 Å². The number of hydrogen-bond donors (Lipinski definition) is 3. The molecule has 1 fully saturated rings. The first-order valence-corrected chi connectivity index (χ1v) is 9.97. The number of carbonyl (C=O) groups is 1. The number of amides is 1. The molecule has 1 amide bonds. The van der Waals surface area contributed by atoms with E-state index in [1.54, 1.807) is 19.2 Å². The summed E-state index contributed by atoms with van der Waals surface area (Å²) in [5.74, 6) is 1.55. The third-order valence-corrected chi connectivity index (χ3v) is 4.99. The Balaban J connectivity index is 0.00000320. The molecule has 1 aromatic heterocycles. The summed E-state index contributed by atoms with van der Waals surface area (Å²) < 4.78 is 5.32. The molecule has 2 heterocycles. The summed E-state index contributed by atoms with van der Waals surface area (Å²) in [6, 6.07) is 7.61. The molecule has 0 spiro atoms. The van der Waals surface area contributed by atoms with Crippen LogP contribution in [0.4, 0.5) is 0 Å². The minimum absolute atomic E-state index is 0. The number of aromatic nitrogens is 2. The van der Waals surface area contributed by atoms with Gasteiger partial charge in [0.15, 0.2) is 5.96 Å². The Morgan fingerprint density at radius 1 is 1.33 bits per heavy atom. The maximum Gasteiger partial charge on any atom is 0.231 e. The zero-order chi connectivity index (χ0) is 20.6. The van der Waals surface area contributed by atoms with Gasteiger partial charge in [0, 0.05) is 49.7 Å². The predicted molar refractivity (Wildman–Crippen MR) is 127 cm³/mol. The molecule has 2 aromatic rings. The van der Waals surface area contributed by atoms with E-state index < -0.39 is 0 Å². The van der Waals surface area contributed by atoms with Crippen molar-refractivity contribution in [1.29, 1.82) is 0 Å². The van der Waals surface area contributed by atoms with Crippen LogP contribution in [0.3, 0.4) is 0 Å². The summed E-state index contributed by atoms with van der Waals surface area (Å²) in [7, 11) is 1.74. The standard InChI is InChI=1S/C19H26ClN7O2.HI/c1-22-19(24-15-7-10-27(11-8-15)12-16(21)28)23-9-6-17-25-18(26-29-17)13-2-4-14(20)5-3-13;/h2-5,15H,6-12H2,1H3,(H2,21,28)(H2,22,23,24);1H. The van der Waals surface area contributed by atoms with Crippen molar-refractivity contribution >= 4 is 47.4 Å². The van der Waals surface area contributed by atoms with Gasteiger partial charge in [-0.3, -0.25) is 14.7 Å². The van der Waals surface area contributed by atoms with Gasteiger partial charge in [-0.05, 0) is 37.1 Å². The van der Waals surface area contributed by atoms with Gasteiger partial charge < -0.3 is 20.9 Å². The van der Waals surface area contributed by atoms with Crippen molar-refractivity contribution in [3.8, 4) is 11.4 Å². The molecule has 1 aliphatic rings. The lowest BCUT2D eigenvalue weighted by Gasteiger charge is -2.32. The van der Waals surface area contributed by atoms with Crippen molar-refractivity contribution in [1.82, 2.24) is 25.7 Å². The number of nitrogens with two attached hydrogens (primary N) is 1. The monoisotopic (exact) mass is 547 g/mol. The van der Waals surface area contributed by atoms with E-state index in [0.717, 1.165) is 37.5 Å². The van der Waals surface area contributed by atoms with Gasteiger partial charge in [-0.15, -0.1) is 24.0 Å². The van der Waals surface area contributed by atoms with E-state index in [-0.39, 0.29) is 29.9 Å². The second-order valence-electron chi connectivity index (χ2n) is 6.93. The SMILES string of the molecule is CN=C(NCCc1nc(-c2ccc(Cl)cc2)no1)NC1CCN(CC(N)=O)CC1.I. The molecular formula is C19H27ClIN7O2. The molecule has 9 nitrogen and oxygen atoms in total. The highest BCUT2D eigenvalue weighted by Crippen LogP contribution is 2.18. The number of halogens is 2. The lowest BCUT2D eigenvalue weighted by atomic mass is 10.1. The Labute approximate surface area is 197 Å². The van der Waals surface area contributed by atoms with E-state index in [1.165, 1.54) is 0 Å². The topological polar surface area (TPSA) is 122 Å². The highest BCUT2D eigenvalue weighted by molar-refractivity contribution is 14.0. The van der Waals surface area contributed by atoms with Crippen LogP contribution in [0.2, 0.25) is 5.02 Å². The van der Waals surface area contributed by atoms with E-state index in [1.807, 2.05) is 12.1 Å². The molecule has 0 bridgehead atoms. The Morgan fingerprint density at radius 2 is 2.03 bits per heavy atom. The summed E-state index contributed by atoms with van der Waals surface area (Å²) in [6.45, 7) is 2.62. The fourth-order valence-electron chi connectivity index (χ4n) is 3.20. The zero-order valence-electron chi connectivity index (χ0n) is 16.8. The molecule has 0 unspecified atom stereocenters. The van der Waals surface area contributed by atoms with Gasteiger partial charge >= 0.3 is 0 Å². The average Bonchev–Trinajstić information content (AvgIpc) is 3.17. The Hall–Kier alpha value is -1.92. The maximum atomic E-state index is 11.0. The molecule has 0 radical (unpaired) electrons. The lowest BCUT2D eigenvalue weighted by molar-refractivity contribution is -0.119. The summed E-state index contributed by atoms with van der Waals surface area (Å²) in [5, 5.41) is 11.4. The quantitative estimate of drug-likeness (QED) is 0.274. The number of hydrogen-bond acceptors (Lipinski definition) is 6. The van der Waals surface area contributed by atoms with Gasteiger partial charge in [-0.25, -0.2) is 0 Å². The van der Waals surface area contributed by atoms with Crippen molar-refractivity contribution in [2.45, 2.75) is 25.3 Å². The second-order valence-corrected chi connectivity index (χ2v) is 7.37. The fraction of sp³-hybridized carbons (Fsp3) is 0.474. The van der Waals surface area contributed by atoms with E-state index in [0.29, 0.717) is 42.3 Å². The van der Waals surface area contributed by atoms with Gasteiger partial charge in [0.1, 0.15) is 0 Å². The van der Waals surface area contributed by atoms with Crippen LogP contribution in [0, 0.1) is 0 Å². The molecule has 11 heteroatoms. The van der Waals surface area contributed by atoms with Crippen molar-refractivity contribution in [3.05, 3.63) is 35.2 Å². The molecule has 30 heavy (non-hydrogen) atoms. The third-order valence-electron chi connectivity index (χ3n) is 4.73. The molecular weight excluding hydrogens is 521 g/mol. The van der Waals surface area contributed by atoms with Crippen molar-refractivity contribution in [2.24, 2.45) is 10.7 Å². The molecule has 3 rings (SSSR count). The molecule has 1 aliphatic heterocycles. The summed E-state index contributed by atoms with van der Waals surface area (Å²) in [5.41, 5.74) is 6.11. The molecule has 164 valence electrons. The summed E-state index contributed by atoms with van der Waals surface area (Å²) >= 11 is 5.90. The first-order valence-electron chi connectivity index (χ1n) is 9.60. The van der Waals surface area contributed by atoms with E-state index in [9.17, 15) is 4.79 Å². The van der Waals surface area contributed by atoms with Gasteiger partial charge in [0.2, 0.25) is 17.6 Å². The van der Waals surface area contributed by atoms with Crippen LogP contribution in [0.15, 0.2) is 33.8 Å². The fourth-order valence-corrected chi connectivity index (χ4v) is 3.33. The molecule has 0 saturated carbocycles. The summed E-state index contributed by atoms with van der Waals surface area (Å²) in [4.78, 5) is 21.8. The first-order chi connectivity index (χ1) is 14.0. The normalized spacial score (nSPS) is 15.5. The predicted octanol–water partition coefficient (Wildman–Crippen LogP) is 1.67. The number of nitrogens with zero attached hydrogens (tertiary/aromatic N) is 4. The largest absolute Gasteiger partial charge is 0.369 e. The third kappa shape index (κ3) is 7.40. The number of guanidine groups is 1. The van der Waals surface area contributed by atoms with Gasteiger partial charge in [-0.2, -0.15) is 4.98 Å². The number of likely N-dealkylation sites (tertiary alicyclic amines) is 1. The number of rotatable bonds is 7. The van der Waals surface area contributed by atoms with Crippen molar-refractivity contribution in [3.63, 3.8) is 0 Å². The first kappa shape index (κ1) is 24.4. The number of piperidine rings is 1. The minimum Gasteiger partial charge on any atom is -0.369 e. The second kappa shape index (κ2) is 12.1.